The van der Waals surface area contributed by atoms with Gasteiger partial charge in [0, 0.05) is 12.0 Å². The van der Waals surface area contributed by atoms with Gasteiger partial charge < -0.3 is 15.2 Å². The van der Waals surface area contributed by atoms with Crippen molar-refractivity contribution < 1.29 is 19.4 Å². The molecule has 0 heterocycles. The quantitative estimate of drug-likeness (QED) is 0.769. The third kappa shape index (κ3) is 5.08. The first-order valence-electron chi connectivity index (χ1n) is 8.35. The average molecular weight is 341 g/mol. The summed E-state index contributed by atoms with van der Waals surface area (Å²) in [5.41, 5.74) is 1.82. The summed E-state index contributed by atoms with van der Waals surface area (Å²) in [4.78, 5) is 23.5. The van der Waals surface area contributed by atoms with Gasteiger partial charge in [-0.15, -0.1) is 0 Å². The molecule has 0 bridgehead atoms. The van der Waals surface area contributed by atoms with Gasteiger partial charge in [0.25, 0.3) is 0 Å². The topological polar surface area (TPSA) is 75.6 Å². The van der Waals surface area contributed by atoms with Crippen LogP contribution in [-0.2, 0) is 11.2 Å². The molecule has 0 fully saturated rings. The van der Waals surface area contributed by atoms with E-state index < -0.39 is 5.97 Å². The highest BCUT2D eigenvalue weighted by molar-refractivity contribution is 5.89. The molecule has 2 rings (SSSR count). The van der Waals surface area contributed by atoms with Crippen molar-refractivity contribution in [3.8, 4) is 5.75 Å². The van der Waals surface area contributed by atoms with Crippen LogP contribution in [0.15, 0.2) is 48.5 Å². The lowest BCUT2D eigenvalue weighted by molar-refractivity contribution is -0.121. The average Bonchev–Trinajstić information content (AvgIpc) is 2.60. The van der Waals surface area contributed by atoms with Crippen molar-refractivity contribution in [3.05, 3.63) is 65.2 Å². The number of nitrogens with one attached hydrogen (secondary N) is 1. The zero-order valence-corrected chi connectivity index (χ0v) is 14.5. The largest absolute Gasteiger partial charge is 0.494 e. The van der Waals surface area contributed by atoms with Crippen LogP contribution in [0.25, 0.3) is 0 Å². The number of aromatic carboxylic acids is 1. The number of hydrogen-bond donors (Lipinski definition) is 2. The molecule has 0 aromatic heterocycles. The Balaban J connectivity index is 1.98. The van der Waals surface area contributed by atoms with E-state index in [0.717, 1.165) is 11.3 Å². The lowest BCUT2D eigenvalue weighted by atomic mass is 10.0. The van der Waals surface area contributed by atoms with E-state index in [1.807, 2.05) is 38.1 Å². The Kier molecular flexibility index (Phi) is 6.57. The normalized spacial score (nSPS) is 11.6. The van der Waals surface area contributed by atoms with E-state index >= 15 is 0 Å². The zero-order chi connectivity index (χ0) is 18.2. The van der Waals surface area contributed by atoms with Crippen molar-refractivity contribution in [2.45, 2.75) is 32.7 Å². The van der Waals surface area contributed by atoms with Crippen LogP contribution in [0.5, 0.6) is 5.75 Å². The van der Waals surface area contributed by atoms with Gasteiger partial charge in [-0.2, -0.15) is 0 Å². The number of aryl methyl sites for hydroxylation is 1. The minimum atomic E-state index is -0.977. The second kappa shape index (κ2) is 8.87. The van der Waals surface area contributed by atoms with E-state index in [2.05, 4.69) is 5.32 Å². The van der Waals surface area contributed by atoms with Crippen molar-refractivity contribution in [2.75, 3.05) is 6.61 Å². The van der Waals surface area contributed by atoms with Crippen LogP contribution >= 0.6 is 0 Å². The van der Waals surface area contributed by atoms with E-state index in [1.54, 1.807) is 24.3 Å². The number of benzene rings is 2. The summed E-state index contributed by atoms with van der Waals surface area (Å²) in [5, 5.41) is 12.1. The van der Waals surface area contributed by atoms with E-state index in [4.69, 9.17) is 4.74 Å². The summed E-state index contributed by atoms with van der Waals surface area (Å²) in [6.45, 7) is 4.38. The molecule has 0 radical (unpaired) electrons. The molecule has 2 N–H and O–H groups in total. The maximum absolute atomic E-state index is 12.3. The summed E-state index contributed by atoms with van der Waals surface area (Å²) in [6.07, 6.45) is 0.611. The first-order valence-corrected chi connectivity index (χ1v) is 8.35. The summed E-state index contributed by atoms with van der Waals surface area (Å²) in [5.74, 6) is -0.344. The van der Waals surface area contributed by atoms with Gasteiger partial charge in [0.05, 0.1) is 18.2 Å². The fourth-order valence-corrected chi connectivity index (χ4v) is 2.71. The third-order valence-electron chi connectivity index (χ3n) is 3.93. The van der Waals surface area contributed by atoms with Crippen LogP contribution in [0.2, 0.25) is 0 Å². The summed E-state index contributed by atoms with van der Waals surface area (Å²) in [6, 6.07) is 14.2. The molecule has 5 nitrogen and oxygen atoms in total. The Bertz CT molecular complexity index is 742. The van der Waals surface area contributed by atoms with Gasteiger partial charge in [0.15, 0.2) is 0 Å². The van der Waals surface area contributed by atoms with Crippen LogP contribution in [0.4, 0.5) is 0 Å². The number of hydrogen-bond acceptors (Lipinski definition) is 3. The highest BCUT2D eigenvalue weighted by atomic mass is 16.5. The molecule has 0 saturated carbocycles. The number of para-hydroxylation sites is 1. The molecule has 5 heteroatoms. The Hall–Kier alpha value is -2.82. The molecule has 0 saturated heterocycles. The summed E-state index contributed by atoms with van der Waals surface area (Å²) in [7, 11) is 0. The van der Waals surface area contributed by atoms with Gasteiger partial charge in [0.2, 0.25) is 5.91 Å². The van der Waals surface area contributed by atoms with Gasteiger partial charge in [-0.1, -0.05) is 36.4 Å². The molecule has 1 unspecified atom stereocenters. The SMILES string of the molecule is CCOc1ccccc1C(C)NC(=O)CCc1ccccc1C(=O)O. The zero-order valence-electron chi connectivity index (χ0n) is 14.5. The van der Waals surface area contributed by atoms with Crippen molar-refractivity contribution in [2.24, 2.45) is 0 Å². The standard InChI is InChI=1S/C20H23NO4/c1-3-25-18-11-7-6-9-16(18)14(2)21-19(22)13-12-15-8-4-5-10-17(15)20(23)24/h4-11,14H,3,12-13H2,1-2H3,(H,21,22)(H,23,24). The molecule has 25 heavy (non-hydrogen) atoms. The second-order valence-corrected chi connectivity index (χ2v) is 5.72. The number of carbonyl (C=O) groups is 2. The molecule has 2 aromatic carbocycles. The predicted molar refractivity (Wildman–Crippen MR) is 95.9 cm³/mol. The molecular formula is C20H23NO4. The Labute approximate surface area is 147 Å². The maximum atomic E-state index is 12.3. The first kappa shape index (κ1) is 18.5. The summed E-state index contributed by atoms with van der Waals surface area (Å²) >= 11 is 0. The Morgan fingerprint density at radius 2 is 1.80 bits per heavy atom. The molecular weight excluding hydrogens is 318 g/mol. The van der Waals surface area contributed by atoms with Crippen molar-refractivity contribution in [3.63, 3.8) is 0 Å². The summed E-state index contributed by atoms with van der Waals surface area (Å²) < 4.78 is 5.59. The van der Waals surface area contributed by atoms with Crippen LogP contribution in [0.1, 0.15) is 47.8 Å². The Morgan fingerprint density at radius 3 is 2.52 bits per heavy atom. The third-order valence-corrected chi connectivity index (χ3v) is 3.93. The van der Waals surface area contributed by atoms with Crippen molar-refractivity contribution in [1.82, 2.24) is 5.32 Å². The van der Waals surface area contributed by atoms with Gasteiger partial charge in [-0.05, 0) is 38.0 Å². The lowest BCUT2D eigenvalue weighted by Gasteiger charge is -2.18. The minimum Gasteiger partial charge on any atom is -0.494 e. The number of amides is 1. The molecule has 0 aliphatic heterocycles. The number of carboxylic acids is 1. The number of ether oxygens (including phenoxy) is 1. The molecule has 1 atom stereocenters. The smallest absolute Gasteiger partial charge is 0.335 e. The first-order chi connectivity index (χ1) is 12.0. The van der Waals surface area contributed by atoms with E-state index in [0.29, 0.717) is 18.6 Å². The van der Waals surface area contributed by atoms with Crippen molar-refractivity contribution >= 4 is 11.9 Å². The number of carbonyl (C=O) groups excluding carboxylic acids is 1. The predicted octanol–water partition coefficient (Wildman–Crippen LogP) is 3.59. The van der Waals surface area contributed by atoms with Crippen LogP contribution in [0, 0.1) is 0 Å². The molecule has 1 amide bonds. The molecule has 0 aliphatic carbocycles. The molecule has 2 aromatic rings. The van der Waals surface area contributed by atoms with Gasteiger partial charge in [-0.25, -0.2) is 4.79 Å². The van der Waals surface area contributed by atoms with Gasteiger partial charge >= 0.3 is 5.97 Å². The molecule has 0 spiro atoms. The van der Waals surface area contributed by atoms with Gasteiger partial charge in [-0.3, -0.25) is 4.79 Å². The molecule has 0 aliphatic rings. The van der Waals surface area contributed by atoms with E-state index in [-0.39, 0.29) is 23.9 Å². The second-order valence-electron chi connectivity index (χ2n) is 5.72. The monoisotopic (exact) mass is 341 g/mol. The number of rotatable bonds is 8. The van der Waals surface area contributed by atoms with E-state index in [1.165, 1.54) is 0 Å². The highest BCUT2D eigenvalue weighted by Crippen LogP contribution is 2.25. The fraction of sp³-hybridized carbons (Fsp3) is 0.300. The van der Waals surface area contributed by atoms with Crippen LogP contribution in [-0.4, -0.2) is 23.6 Å². The Morgan fingerprint density at radius 1 is 1.12 bits per heavy atom. The lowest BCUT2D eigenvalue weighted by Crippen LogP contribution is -2.27. The van der Waals surface area contributed by atoms with Gasteiger partial charge in [0.1, 0.15) is 5.75 Å². The van der Waals surface area contributed by atoms with Crippen LogP contribution < -0.4 is 10.1 Å². The highest BCUT2D eigenvalue weighted by Gasteiger charge is 2.15. The minimum absolute atomic E-state index is 0.126. The van der Waals surface area contributed by atoms with Crippen LogP contribution in [0.3, 0.4) is 0 Å². The van der Waals surface area contributed by atoms with Crippen molar-refractivity contribution in [1.29, 1.82) is 0 Å². The number of carboxylic acid groups (broad SMARTS) is 1. The van der Waals surface area contributed by atoms with E-state index in [9.17, 15) is 14.7 Å². The molecule has 132 valence electrons. The fourth-order valence-electron chi connectivity index (χ4n) is 2.71. The maximum Gasteiger partial charge on any atom is 0.335 e.